The van der Waals surface area contributed by atoms with Crippen LogP contribution in [0.2, 0.25) is 0 Å². The van der Waals surface area contributed by atoms with Gasteiger partial charge in [0.25, 0.3) is 0 Å². The molecule has 138 valence electrons. The summed E-state index contributed by atoms with van der Waals surface area (Å²) in [5.41, 5.74) is 1.52. The molecule has 0 fully saturated rings. The molecule has 1 aromatic rings. The minimum Gasteiger partial charge on any atom is -0.380 e. The van der Waals surface area contributed by atoms with Crippen LogP contribution in [0.25, 0.3) is 0 Å². The molecule has 1 rings (SSSR count). The van der Waals surface area contributed by atoms with Crippen molar-refractivity contribution >= 4 is 41.7 Å². The first-order valence-electron chi connectivity index (χ1n) is 7.75. The summed E-state index contributed by atoms with van der Waals surface area (Å²) >= 11 is 1.81. The lowest BCUT2D eigenvalue weighted by atomic mass is 10.1. The van der Waals surface area contributed by atoms with Gasteiger partial charge < -0.3 is 15.4 Å². The van der Waals surface area contributed by atoms with Crippen LogP contribution in [0.3, 0.4) is 0 Å². The summed E-state index contributed by atoms with van der Waals surface area (Å²) in [6, 6.07) is 5.03. The zero-order valence-electron chi connectivity index (χ0n) is 15.1. The highest BCUT2D eigenvalue weighted by atomic mass is 127. The maximum atomic E-state index is 13.6. The van der Waals surface area contributed by atoms with Gasteiger partial charge in [-0.3, -0.25) is 0 Å². The van der Waals surface area contributed by atoms with Crippen LogP contribution in [0.5, 0.6) is 0 Å². The molecule has 0 bridgehead atoms. The maximum Gasteiger partial charge on any atom is 0.191 e. The first-order valence-corrected chi connectivity index (χ1v) is 8.98. The number of benzene rings is 1. The van der Waals surface area contributed by atoms with Crippen molar-refractivity contribution in [3.63, 3.8) is 0 Å². The van der Waals surface area contributed by atoms with Gasteiger partial charge in [0.05, 0.1) is 13.2 Å². The molecule has 0 aliphatic carbocycles. The van der Waals surface area contributed by atoms with Gasteiger partial charge in [0, 0.05) is 30.5 Å². The number of methoxy groups -OCH3 is 1. The topological polar surface area (TPSA) is 45.7 Å². The van der Waals surface area contributed by atoms with E-state index in [4.69, 9.17) is 4.74 Å². The smallest absolute Gasteiger partial charge is 0.191 e. The molecule has 1 aromatic carbocycles. The standard InChI is InChI=1S/C17H28FN3OS.HI/c1-6-19-16(21-12-17(2,3)23-5)20-10-13-7-8-15(18)14(9-13)11-22-4;/h7-9H,6,10-12H2,1-5H3,(H2,19,20,21);1H. The van der Waals surface area contributed by atoms with Crippen molar-refractivity contribution < 1.29 is 9.13 Å². The zero-order valence-corrected chi connectivity index (χ0v) is 18.3. The summed E-state index contributed by atoms with van der Waals surface area (Å²) in [4.78, 5) is 4.57. The summed E-state index contributed by atoms with van der Waals surface area (Å²) in [6.45, 7) is 8.78. The number of nitrogens with one attached hydrogen (secondary N) is 2. The molecule has 0 aromatic heterocycles. The number of ether oxygens (including phenoxy) is 1. The Balaban J connectivity index is 0.00000529. The number of thioether (sulfide) groups is 1. The normalized spacial score (nSPS) is 11.8. The molecule has 0 heterocycles. The van der Waals surface area contributed by atoms with Gasteiger partial charge in [-0.2, -0.15) is 11.8 Å². The second kappa shape index (κ2) is 11.9. The second-order valence-corrected chi connectivity index (χ2v) is 7.38. The molecular formula is C17H29FIN3OS. The average Bonchev–Trinajstić information content (AvgIpc) is 2.53. The molecule has 0 radical (unpaired) electrons. The Bertz CT molecular complexity index is 527. The van der Waals surface area contributed by atoms with Crippen molar-refractivity contribution in [1.82, 2.24) is 10.6 Å². The van der Waals surface area contributed by atoms with E-state index in [-0.39, 0.29) is 41.1 Å². The molecule has 0 aliphatic heterocycles. The molecule has 0 aliphatic rings. The predicted molar refractivity (Wildman–Crippen MR) is 113 cm³/mol. The number of hydrogen-bond donors (Lipinski definition) is 2. The van der Waals surface area contributed by atoms with Crippen molar-refractivity contribution in [2.24, 2.45) is 4.99 Å². The third kappa shape index (κ3) is 8.53. The molecule has 7 heteroatoms. The highest BCUT2D eigenvalue weighted by Crippen LogP contribution is 2.19. The van der Waals surface area contributed by atoms with Gasteiger partial charge in [-0.15, -0.1) is 24.0 Å². The summed E-state index contributed by atoms with van der Waals surface area (Å²) in [7, 11) is 1.56. The Morgan fingerprint density at radius 2 is 2.04 bits per heavy atom. The summed E-state index contributed by atoms with van der Waals surface area (Å²) < 4.78 is 18.8. The van der Waals surface area contributed by atoms with Crippen molar-refractivity contribution in [1.29, 1.82) is 0 Å². The molecule has 0 saturated carbocycles. The van der Waals surface area contributed by atoms with E-state index in [0.29, 0.717) is 12.1 Å². The first-order chi connectivity index (χ1) is 10.9. The number of guanidine groups is 1. The fourth-order valence-corrected chi connectivity index (χ4v) is 2.09. The number of rotatable bonds is 8. The Morgan fingerprint density at radius 3 is 2.62 bits per heavy atom. The fourth-order valence-electron chi connectivity index (χ4n) is 1.87. The average molecular weight is 469 g/mol. The molecule has 0 spiro atoms. The Labute approximate surface area is 166 Å². The van der Waals surface area contributed by atoms with Gasteiger partial charge in [0.15, 0.2) is 5.96 Å². The third-order valence-corrected chi connectivity index (χ3v) is 4.66. The predicted octanol–water partition coefficient (Wildman–Crippen LogP) is 3.79. The van der Waals surface area contributed by atoms with E-state index in [0.717, 1.165) is 24.6 Å². The molecule has 24 heavy (non-hydrogen) atoms. The molecule has 0 atom stereocenters. The van der Waals surface area contributed by atoms with Crippen LogP contribution in [0.4, 0.5) is 4.39 Å². The SMILES string of the molecule is CCNC(=NCc1ccc(F)c(COC)c1)NCC(C)(C)SC.I. The molecule has 0 saturated heterocycles. The molecule has 2 N–H and O–H groups in total. The monoisotopic (exact) mass is 469 g/mol. The largest absolute Gasteiger partial charge is 0.380 e. The van der Waals surface area contributed by atoms with E-state index in [1.807, 2.05) is 18.7 Å². The van der Waals surface area contributed by atoms with E-state index in [2.05, 4.69) is 35.7 Å². The van der Waals surface area contributed by atoms with Crippen LogP contribution < -0.4 is 10.6 Å². The van der Waals surface area contributed by atoms with Gasteiger partial charge in [-0.1, -0.05) is 6.07 Å². The van der Waals surface area contributed by atoms with Crippen molar-refractivity contribution in [3.05, 3.63) is 35.1 Å². The van der Waals surface area contributed by atoms with Crippen LogP contribution in [0, 0.1) is 5.82 Å². The third-order valence-electron chi connectivity index (χ3n) is 3.41. The number of halogens is 2. The number of hydrogen-bond acceptors (Lipinski definition) is 3. The zero-order chi connectivity index (χ0) is 17.3. The molecule has 4 nitrogen and oxygen atoms in total. The van der Waals surface area contributed by atoms with Gasteiger partial charge >= 0.3 is 0 Å². The fraction of sp³-hybridized carbons (Fsp3) is 0.588. The number of aliphatic imine (C=N–C) groups is 1. The van der Waals surface area contributed by atoms with E-state index in [9.17, 15) is 4.39 Å². The van der Waals surface area contributed by atoms with Gasteiger partial charge in [-0.05, 0) is 44.7 Å². The summed E-state index contributed by atoms with van der Waals surface area (Å²) in [5.74, 6) is 0.526. The van der Waals surface area contributed by atoms with E-state index < -0.39 is 0 Å². The Hall–Kier alpha value is -0.540. The Kier molecular flexibility index (Phi) is 11.6. The van der Waals surface area contributed by atoms with E-state index >= 15 is 0 Å². The summed E-state index contributed by atoms with van der Waals surface area (Å²) in [6.07, 6.45) is 2.10. The van der Waals surface area contributed by atoms with Crippen molar-refractivity contribution in [2.45, 2.75) is 38.7 Å². The molecular weight excluding hydrogens is 440 g/mol. The maximum absolute atomic E-state index is 13.6. The second-order valence-electron chi connectivity index (χ2n) is 5.87. The lowest BCUT2D eigenvalue weighted by molar-refractivity contribution is 0.181. The highest BCUT2D eigenvalue weighted by Gasteiger charge is 2.16. The van der Waals surface area contributed by atoms with Crippen LogP contribution in [0.1, 0.15) is 31.9 Å². The lowest BCUT2D eigenvalue weighted by Crippen LogP contribution is -2.43. The van der Waals surface area contributed by atoms with Crippen LogP contribution in [-0.4, -0.2) is 37.2 Å². The summed E-state index contributed by atoms with van der Waals surface area (Å²) in [5, 5.41) is 6.58. The highest BCUT2D eigenvalue weighted by molar-refractivity contribution is 14.0. The quantitative estimate of drug-likeness (QED) is 0.346. The lowest BCUT2D eigenvalue weighted by Gasteiger charge is -2.23. The van der Waals surface area contributed by atoms with Gasteiger partial charge in [-0.25, -0.2) is 9.38 Å². The minimum absolute atomic E-state index is 0. The van der Waals surface area contributed by atoms with Crippen molar-refractivity contribution in [3.8, 4) is 0 Å². The van der Waals surface area contributed by atoms with E-state index in [1.54, 1.807) is 19.2 Å². The van der Waals surface area contributed by atoms with Crippen LogP contribution in [-0.2, 0) is 17.9 Å². The first kappa shape index (κ1) is 23.5. The molecule has 0 amide bonds. The van der Waals surface area contributed by atoms with Gasteiger partial charge in [0.2, 0.25) is 0 Å². The minimum atomic E-state index is -0.244. The molecule has 0 unspecified atom stereocenters. The van der Waals surface area contributed by atoms with Gasteiger partial charge in [0.1, 0.15) is 5.82 Å². The van der Waals surface area contributed by atoms with Crippen molar-refractivity contribution in [2.75, 3.05) is 26.5 Å². The Morgan fingerprint density at radius 1 is 1.33 bits per heavy atom. The van der Waals surface area contributed by atoms with E-state index in [1.165, 1.54) is 6.07 Å². The number of nitrogens with zero attached hydrogens (tertiary/aromatic N) is 1. The van der Waals surface area contributed by atoms with Crippen LogP contribution in [0.15, 0.2) is 23.2 Å². The van der Waals surface area contributed by atoms with Crippen LogP contribution >= 0.6 is 35.7 Å².